The van der Waals surface area contributed by atoms with Crippen molar-refractivity contribution >= 4 is 19.7 Å². The van der Waals surface area contributed by atoms with E-state index in [2.05, 4.69) is 57.9 Å². The van der Waals surface area contributed by atoms with Crippen molar-refractivity contribution in [1.29, 1.82) is 0 Å². The fourth-order valence-electron chi connectivity index (χ4n) is 2.51. The third-order valence-corrected chi connectivity index (χ3v) is 5.46. The molecule has 1 nitrogen and oxygen atoms in total. The van der Waals surface area contributed by atoms with Crippen LogP contribution in [0.4, 0.5) is 0 Å². The van der Waals surface area contributed by atoms with Crippen LogP contribution >= 0.6 is 11.6 Å². The number of hydrogen-bond donors (Lipinski definition) is 1. The molecule has 0 saturated heterocycles. The normalized spacial score (nSPS) is 14.3. The number of benzene rings is 1. The fraction of sp³-hybridized carbons (Fsp3) is 0.647. The predicted molar refractivity (Wildman–Crippen MR) is 94.6 cm³/mol. The molecule has 0 radical (unpaired) electrons. The largest absolute Gasteiger partial charge is 0.312 e. The van der Waals surface area contributed by atoms with Gasteiger partial charge in [0.05, 0.1) is 0 Å². The van der Waals surface area contributed by atoms with E-state index >= 15 is 0 Å². The Morgan fingerprint density at radius 2 is 1.75 bits per heavy atom. The zero-order chi connectivity index (χ0) is 15.4. The number of halogens is 1. The molecular weight excluding hydrogens is 282 g/mol. The summed E-state index contributed by atoms with van der Waals surface area (Å²) in [6.45, 7) is 15.1. The first-order chi connectivity index (χ1) is 9.07. The van der Waals surface area contributed by atoms with Crippen molar-refractivity contribution in [3.63, 3.8) is 0 Å². The summed E-state index contributed by atoms with van der Waals surface area (Å²) in [7, 11) is -1.07. The van der Waals surface area contributed by atoms with Gasteiger partial charge in [-0.15, -0.1) is 0 Å². The predicted octanol–water partition coefficient (Wildman–Crippen LogP) is 5.23. The van der Waals surface area contributed by atoms with Crippen molar-refractivity contribution in [2.24, 2.45) is 5.92 Å². The lowest BCUT2D eigenvalue weighted by molar-refractivity contribution is 0.380. The lowest BCUT2D eigenvalue weighted by atomic mass is 9.99. The molecule has 0 fully saturated rings. The maximum atomic E-state index is 6.32. The van der Waals surface area contributed by atoms with Gasteiger partial charge in [-0.3, -0.25) is 0 Å². The van der Waals surface area contributed by atoms with E-state index < -0.39 is 8.07 Å². The Bertz CT molecular complexity index is 418. The van der Waals surface area contributed by atoms with Gasteiger partial charge >= 0.3 is 0 Å². The van der Waals surface area contributed by atoms with E-state index in [-0.39, 0.29) is 5.54 Å². The molecule has 0 bridgehead atoms. The minimum Gasteiger partial charge on any atom is -0.312 e. The first-order valence-electron chi connectivity index (χ1n) is 7.55. The molecule has 20 heavy (non-hydrogen) atoms. The topological polar surface area (TPSA) is 12.0 Å². The maximum absolute atomic E-state index is 6.32. The zero-order valence-corrected chi connectivity index (χ0v) is 15.6. The van der Waals surface area contributed by atoms with E-state index in [1.807, 2.05) is 12.1 Å². The van der Waals surface area contributed by atoms with Crippen LogP contribution in [-0.2, 0) is 6.42 Å². The van der Waals surface area contributed by atoms with Crippen molar-refractivity contribution in [1.82, 2.24) is 5.32 Å². The van der Waals surface area contributed by atoms with Gasteiger partial charge < -0.3 is 5.32 Å². The minimum absolute atomic E-state index is 0.179. The highest BCUT2D eigenvalue weighted by molar-refractivity contribution is 6.76. The van der Waals surface area contributed by atoms with Crippen LogP contribution in [0, 0.1) is 5.92 Å². The average Bonchev–Trinajstić information content (AvgIpc) is 2.26. The Balaban J connectivity index is 2.75. The summed E-state index contributed by atoms with van der Waals surface area (Å²) in [6.07, 6.45) is 1.08. The first kappa shape index (κ1) is 17.7. The second-order valence-corrected chi connectivity index (χ2v) is 14.0. The Morgan fingerprint density at radius 3 is 2.25 bits per heavy atom. The lowest BCUT2D eigenvalue weighted by Gasteiger charge is -2.29. The van der Waals surface area contributed by atoms with E-state index in [4.69, 9.17) is 11.6 Å². The summed E-state index contributed by atoms with van der Waals surface area (Å²) in [4.78, 5) is 0. The van der Waals surface area contributed by atoms with Crippen molar-refractivity contribution < 1.29 is 0 Å². The smallest absolute Gasteiger partial charge is 0.0446 e. The standard InChI is InChI=1S/C17H30ClNSi/c1-17(2,3)19-12-14(13-20(4,5)6)11-15-9-7-8-10-16(15)18/h7-10,14,19H,11-13H2,1-6H3. The van der Waals surface area contributed by atoms with E-state index in [0.29, 0.717) is 5.92 Å². The second kappa shape index (κ2) is 7.10. The number of nitrogens with one attached hydrogen (secondary N) is 1. The van der Waals surface area contributed by atoms with Crippen LogP contribution in [0.3, 0.4) is 0 Å². The Kier molecular flexibility index (Phi) is 6.30. The van der Waals surface area contributed by atoms with Gasteiger partial charge in [0.15, 0.2) is 0 Å². The SMILES string of the molecule is CC(C)(C)NCC(Cc1ccccc1Cl)C[Si](C)(C)C. The van der Waals surface area contributed by atoms with Crippen molar-refractivity contribution in [3.8, 4) is 0 Å². The molecule has 1 N–H and O–H groups in total. The van der Waals surface area contributed by atoms with E-state index in [1.165, 1.54) is 11.6 Å². The van der Waals surface area contributed by atoms with Gasteiger partial charge in [-0.05, 0) is 51.3 Å². The molecular formula is C17H30ClNSi. The van der Waals surface area contributed by atoms with Crippen molar-refractivity contribution in [3.05, 3.63) is 34.9 Å². The van der Waals surface area contributed by atoms with Crippen LogP contribution in [0.5, 0.6) is 0 Å². The maximum Gasteiger partial charge on any atom is 0.0446 e. The quantitative estimate of drug-likeness (QED) is 0.710. The second-order valence-electron chi connectivity index (χ2n) is 8.06. The monoisotopic (exact) mass is 311 g/mol. The molecule has 0 aliphatic carbocycles. The molecule has 1 aromatic rings. The molecule has 0 spiro atoms. The van der Waals surface area contributed by atoms with Gasteiger partial charge in [-0.1, -0.05) is 55.5 Å². The molecule has 1 atom stereocenters. The third kappa shape index (κ3) is 7.46. The van der Waals surface area contributed by atoms with Gasteiger partial charge in [0, 0.05) is 18.6 Å². The summed E-state index contributed by atoms with van der Waals surface area (Å²) in [5.74, 6) is 0.667. The highest BCUT2D eigenvalue weighted by atomic mass is 35.5. The molecule has 1 unspecified atom stereocenters. The summed E-state index contributed by atoms with van der Waals surface area (Å²) < 4.78 is 0. The number of rotatable bonds is 6. The Labute approximate surface area is 131 Å². The van der Waals surface area contributed by atoms with Gasteiger partial charge in [-0.25, -0.2) is 0 Å². The van der Waals surface area contributed by atoms with E-state index in [9.17, 15) is 0 Å². The highest BCUT2D eigenvalue weighted by Crippen LogP contribution is 2.24. The zero-order valence-electron chi connectivity index (χ0n) is 13.9. The molecule has 0 saturated carbocycles. The fourth-order valence-corrected chi connectivity index (χ4v) is 4.74. The van der Waals surface area contributed by atoms with Crippen LogP contribution in [0.15, 0.2) is 24.3 Å². The molecule has 1 aromatic carbocycles. The highest BCUT2D eigenvalue weighted by Gasteiger charge is 2.22. The molecule has 0 aliphatic rings. The summed E-state index contributed by atoms with van der Waals surface area (Å²) in [5, 5.41) is 4.57. The number of hydrogen-bond acceptors (Lipinski definition) is 1. The minimum atomic E-state index is -1.07. The van der Waals surface area contributed by atoms with Crippen molar-refractivity contribution in [2.75, 3.05) is 6.54 Å². The molecule has 1 rings (SSSR count). The van der Waals surface area contributed by atoms with E-state index in [0.717, 1.165) is 18.0 Å². The lowest BCUT2D eigenvalue weighted by Crippen LogP contribution is -2.41. The first-order valence-corrected chi connectivity index (χ1v) is 11.6. The van der Waals surface area contributed by atoms with Gasteiger partial charge in [0.1, 0.15) is 0 Å². The van der Waals surface area contributed by atoms with E-state index in [1.54, 1.807) is 0 Å². The molecule has 0 amide bonds. The van der Waals surface area contributed by atoms with Gasteiger partial charge in [0.25, 0.3) is 0 Å². The van der Waals surface area contributed by atoms with Gasteiger partial charge in [-0.2, -0.15) is 0 Å². The van der Waals surface area contributed by atoms with Crippen LogP contribution < -0.4 is 5.32 Å². The summed E-state index contributed by atoms with van der Waals surface area (Å²) in [5.41, 5.74) is 1.46. The van der Waals surface area contributed by atoms with Gasteiger partial charge in [0.2, 0.25) is 0 Å². The molecule has 0 aromatic heterocycles. The summed E-state index contributed by atoms with van der Waals surface area (Å²) >= 11 is 6.32. The van der Waals surface area contributed by atoms with Crippen molar-refractivity contribution in [2.45, 2.75) is 58.4 Å². The average molecular weight is 312 g/mol. The molecule has 0 aliphatic heterocycles. The Hall–Kier alpha value is -0.313. The summed E-state index contributed by atoms with van der Waals surface area (Å²) in [6, 6.07) is 9.59. The van der Waals surface area contributed by atoms with Crippen LogP contribution in [-0.4, -0.2) is 20.2 Å². The molecule has 114 valence electrons. The van der Waals surface area contributed by atoms with Crippen LogP contribution in [0.25, 0.3) is 0 Å². The Morgan fingerprint density at radius 1 is 1.15 bits per heavy atom. The third-order valence-electron chi connectivity index (χ3n) is 3.29. The molecule has 3 heteroatoms. The van der Waals surface area contributed by atoms with Crippen LogP contribution in [0.1, 0.15) is 26.3 Å². The molecule has 0 heterocycles. The van der Waals surface area contributed by atoms with Crippen LogP contribution in [0.2, 0.25) is 30.7 Å².